The van der Waals surface area contributed by atoms with Gasteiger partial charge in [-0.2, -0.15) is 0 Å². The molecular formula is C34H21N4Pt-. The topological polar surface area (TPSA) is 35.6 Å². The molecule has 8 rings (SSSR count). The molecule has 0 saturated carbocycles. The van der Waals surface area contributed by atoms with E-state index in [0.29, 0.717) is 0 Å². The van der Waals surface area contributed by atoms with Gasteiger partial charge in [0.2, 0.25) is 0 Å². The summed E-state index contributed by atoms with van der Waals surface area (Å²) in [5.74, 6) is 0.905. The van der Waals surface area contributed by atoms with Crippen LogP contribution in [0, 0.1) is 6.07 Å². The van der Waals surface area contributed by atoms with Gasteiger partial charge in [0.1, 0.15) is 5.82 Å². The molecule has 5 heteroatoms. The Morgan fingerprint density at radius 1 is 0.513 bits per heavy atom. The Hall–Kier alpha value is -4.53. The van der Waals surface area contributed by atoms with Crippen LogP contribution in [0.5, 0.6) is 0 Å². The molecule has 0 amide bonds. The molecule has 4 aromatic carbocycles. The number of benzene rings is 4. The number of hydrogen-bond acceptors (Lipinski definition) is 2. The van der Waals surface area contributed by atoms with Crippen LogP contribution in [0.3, 0.4) is 0 Å². The second-order valence-electron chi connectivity index (χ2n) is 9.44. The van der Waals surface area contributed by atoms with Crippen molar-refractivity contribution in [1.82, 2.24) is 19.1 Å². The van der Waals surface area contributed by atoms with Crippen LogP contribution in [-0.2, 0) is 21.1 Å². The van der Waals surface area contributed by atoms with Gasteiger partial charge in [0.05, 0.1) is 11.0 Å². The van der Waals surface area contributed by atoms with Crippen LogP contribution in [0.2, 0.25) is 0 Å². The van der Waals surface area contributed by atoms with Crippen LogP contribution in [0.1, 0.15) is 0 Å². The molecule has 4 heterocycles. The van der Waals surface area contributed by atoms with E-state index in [4.69, 9.17) is 4.98 Å². The normalized spacial score (nSPS) is 11.4. The van der Waals surface area contributed by atoms with E-state index in [9.17, 15) is 0 Å². The van der Waals surface area contributed by atoms with Crippen molar-refractivity contribution in [2.24, 2.45) is 0 Å². The van der Waals surface area contributed by atoms with Crippen LogP contribution in [0.25, 0.3) is 66.4 Å². The zero-order valence-electron chi connectivity index (χ0n) is 20.7. The summed E-state index contributed by atoms with van der Waals surface area (Å²) in [6, 6.07) is 43.9. The van der Waals surface area contributed by atoms with E-state index in [2.05, 4.69) is 105 Å². The van der Waals surface area contributed by atoms with Gasteiger partial charge >= 0.3 is 0 Å². The Morgan fingerprint density at radius 2 is 1.15 bits per heavy atom. The number of rotatable bonds is 3. The van der Waals surface area contributed by atoms with Crippen LogP contribution < -0.4 is 0 Å². The summed E-state index contributed by atoms with van der Waals surface area (Å²) >= 11 is 0. The predicted molar refractivity (Wildman–Crippen MR) is 155 cm³/mol. The van der Waals surface area contributed by atoms with Gasteiger partial charge in [0, 0.05) is 55.4 Å². The van der Waals surface area contributed by atoms with E-state index in [1.54, 1.807) is 0 Å². The quantitative estimate of drug-likeness (QED) is 0.177. The number of pyridine rings is 2. The van der Waals surface area contributed by atoms with E-state index in [1.807, 2.05) is 42.7 Å². The first-order valence-electron chi connectivity index (χ1n) is 12.7. The molecule has 0 bridgehead atoms. The number of aromatic nitrogens is 4. The van der Waals surface area contributed by atoms with Crippen molar-refractivity contribution in [3.05, 3.63) is 134 Å². The minimum atomic E-state index is 0. The zero-order valence-corrected chi connectivity index (χ0v) is 23.0. The Morgan fingerprint density at radius 3 is 1.90 bits per heavy atom. The molecule has 4 aromatic heterocycles. The molecule has 0 aliphatic heterocycles. The monoisotopic (exact) mass is 680 g/mol. The Bertz CT molecular complexity index is 2130. The Kier molecular flexibility index (Phi) is 5.64. The summed E-state index contributed by atoms with van der Waals surface area (Å²) < 4.78 is 4.57. The van der Waals surface area contributed by atoms with Gasteiger partial charge < -0.3 is 9.55 Å². The number of hydrogen-bond donors (Lipinski definition) is 0. The van der Waals surface area contributed by atoms with Gasteiger partial charge in [0.25, 0.3) is 0 Å². The Labute approximate surface area is 239 Å². The van der Waals surface area contributed by atoms with Gasteiger partial charge in [-0.3, -0.25) is 4.57 Å². The minimum absolute atomic E-state index is 0. The number of fused-ring (bicyclic) bond motifs is 6. The zero-order chi connectivity index (χ0) is 25.1. The molecule has 0 radical (unpaired) electrons. The van der Waals surface area contributed by atoms with Crippen LogP contribution in [0.15, 0.2) is 128 Å². The summed E-state index contributed by atoms with van der Waals surface area (Å²) in [6.45, 7) is 0. The van der Waals surface area contributed by atoms with Gasteiger partial charge in [-0.15, -0.1) is 23.8 Å². The molecule has 8 aromatic rings. The van der Waals surface area contributed by atoms with Crippen molar-refractivity contribution in [2.45, 2.75) is 0 Å². The first kappa shape index (κ1) is 23.6. The molecule has 0 aliphatic rings. The van der Waals surface area contributed by atoms with Crippen molar-refractivity contribution in [3.63, 3.8) is 0 Å². The maximum Gasteiger partial charge on any atom is 0.137 e. The van der Waals surface area contributed by atoms with Crippen molar-refractivity contribution >= 4 is 43.6 Å². The molecule has 0 atom stereocenters. The van der Waals surface area contributed by atoms with Crippen LogP contribution in [-0.4, -0.2) is 19.1 Å². The molecule has 0 unspecified atom stereocenters. The third-order valence-electron chi connectivity index (χ3n) is 7.32. The average molecular weight is 681 g/mol. The minimum Gasteiger partial charge on any atom is -0.328 e. The summed E-state index contributed by atoms with van der Waals surface area (Å²) in [5, 5.41) is 4.79. The second kappa shape index (κ2) is 9.34. The van der Waals surface area contributed by atoms with Gasteiger partial charge in [-0.1, -0.05) is 66.0 Å². The summed E-state index contributed by atoms with van der Waals surface area (Å²) in [5.41, 5.74) is 7.42. The third-order valence-corrected chi connectivity index (χ3v) is 7.32. The van der Waals surface area contributed by atoms with Crippen molar-refractivity contribution in [1.29, 1.82) is 0 Å². The van der Waals surface area contributed by atoms with E-state index in [0.717, 1.165) is 44.8 Å². The third kappa shape index (κ3) is 3.64. The standard InChI is InChI=1S/C34H21N4.Pt/c1-3-12-30-25(9-1)27-17-15-23(29-11-5-7-19-35-29)21-32(27)37(30)24-16-18-28-26-10-2-4-13-31(26)38(33(28)22-24)34-14-6-8-20-36-34;/h1-20,22H;/q-1;. The fraction of sp³-hybridized carbons (Fsp3) is 0. The molecule has 0 aliphatic carbocycles. The first-order chi connectivity index (χ1) is 18.9. The van der Waals surface area contributed by atoms with E-state index in [-0.39, 0.29) is 21.1 Å². The van der Waals surface area contributed by atoms with Crippen molar-refractivity contribution in [3.8, 4) is 22.8 Å². The summed E-state index contributed by atoms with van der Waals surface area (Å²) in [4.78, 5) is 9.27. The SMILES string of the molecule is [Pt].[c-]1c(-c2ccccn2)ccc2c3ccccc3n(-c3ccc4c5ccccc5n(-c5ccccn5)c4c3)c12. The van der Waals surface area contributed by atoms with Crippen LogP contribution in [0.4, 0.5) is 0 Å². The fourth-order valence-electron chi connectivity index (χ4n) is 5.66. The van der Waals surface area contributed by atoms with Gasteiger partial charge in [-0.05, 0) is 59.1 Å². The maximum atomic E-state index is 4.70. The molecule has 4 nitrogen and oxygen atoms in total. The number of para-hydroxylation sites is 2. The molecule has 0 fully saturated rings. The summed E-state index contributed by atoms with van der Waals surface area (Å²) in [6.07, 6.45) is 3.67. The molecule has 0 saturated heterocycles. The summed E-state index contributed by atoms with van der Waals surface area (Å²) in [7, 11) is 0. The maximum absolute atomic E-state index is 4.70. The van der Waals surface area contributed by atoms with Crippen molar-refractivity contribution < 1.29 is 21.1 Å². The average Bonchev–Trinajstić information content (AvgIpc) is 3.50. The van der Waals surface area contributed by atoms with Gasteiger partial charge in [-0.25, -0.2) is 4.98 Å². The molecule has 0 N–H and O–H groups in total. The predicted octanol–water partition coefficient (Wildman–Crippen LogP) is 8.14. The largest absolute Gasteiger partial charge is 0.328 e. The molecule has 0 spiro atoms. The second-order valence-corrected chi connectivity index (χ2v) is 9.44. The smallest absolute Gasteiger partial charge is 0.137 e. The van der Waals surface area contributed by atoms with E-state index in [1.165, 1.54) is 21.5 Å². The van der Waals surface area contributed by atoms with Gasteiger partial charge in [0.15, 0.2) is 0 Å². The molecule has 188 valence electrons. The fourth-order valence-corrected chi connectivity index (χ4v) is 5.66. The number of nitrogens with zero attached hydrogens (tertiary/aromatic N) is 4. The van der Waals surface area contributed by atoms with E-state index >= 15 is 0 Å². The molecule has 39 heavy (non-hydrogen) atoms. The van der Waals surface area contributed by atoms with Crippen LogP contribution >= 0.6 is 0 Å². The Balaban J connectivity index is 0.00000253. The molecular weight excluding hydrogens is 659 g/mol. The van der Waals surface area contributed by atoms with E-state index < -0.39 is 0 Å². The first-order valence-corrected chi connectivity index (χ1v) is 12.7. The van der Waals surface area contributed by atoms with Crippen molar-refractivity contribution in [2.75, 3.05) is 0 Å².